The van der Waals surface area contributed by atoms with E-state index in [0.29, 0.717) is 0 Å². The SMILES string of the molecule is CNC(Cc1ccccc1Br)c1cc(C)c(OC)cc1C. The van der Waals surface area contributed by atoms with Gasteiger partial charge in [0.05, 0.1) is 7.11 Å². The molecule has 0 aliphatic rings. The Morgan fingerprint density at radius 1 is 1.14 bits per heavy atom. The van der Waals surface area contributed by atoms with Gasteiger partial charge in [-0.2, -0.15) is 0 Å². The molecule has 0 radical (unpaired) electrons. The van der Waals surface area contributed by atoms with E-state index >= 15 is 0 Å². The molecule has 2 rings (SSSR count). The first-order chi connectivity index (χ1) is 10.1. The molecule has 0 spiro atoms. The average Bonchev–Trinajstić information content (AvgIpc) is 2.48. The minimum absolute atomic E-state index is 0.285. The zero-order valence-corrected chi connectivity index (χ0v) is 14.6. The molecule has 0 saturated carbocycles. The molecule has 21 heavy (non-hydrogen) atoms. The molecule has 2 aromatic rings. The maximum absolute atomic E-state index is 5.40. The van der Waals surface area contributed by atoms with Gasteiger partial charge in [-0.05, 0) is 61.7 Å². The van der Waals surface area contributed by atoms with Crippen molar-refractivity contribution < 1.29 is 4.74 Å². The van der Waals surface area contributed by atoms with Crippen LogP contribution in [0.2, 0.25) is 0 Å². The lowest BCUT2D eigenvalue weighted by molar-refractivity contribution is 0.410. The van der Waals surface area contributed by atoms with Crippen molar-refractivity contribution in [2.24, 2.45) is 0 Å². The number of benzene rings is 2. The molecular weight excluding hydrogens is 326 g/mol. The third-order valence-electron chi connectivity index (χ3n) is 3.89. The van der Waals surface area contributed by atoms with Gasteiger partial charge in [0.25, 0.3) is 0 Å². The third kappa shape index (κ3) is 3.66. The van der Waals surface area contributed by atoms with Crippen molar-refractivity contribution in [1.82, 2.24) is 5.32 Å². The Balaban J connectivity index is 2.34. The molecule has 1 unspecified atom stereocenters. The molecule has 0 fully saturated rings. The maximum Gasteiger partial charge on any atom is 0.122 e. The smallest absolute Gasteiger partial charge is 0.122 e. The van der Waals surface area contributed by atoms with Crippen molar-refractivity contribution in [1.29, 1.82) is 0 Å². The van der Waals surface area contributed by atoms with Crippen LogP contribution in [0.3, 0.4) is 0 Å². The zero-order chi connectivity index (χ0) is 15.4. The average molecular weight is 348 g/mol. The number of ether oxygens (including phenoxy) is 1. The predicted molar refractivity (Wildman–Crippen MR) is 92.1 cm³/mol. The van der Waals surface area contributed by atoms with Gasteiger partial charge in [0.2, 0.25) is 0 Å². The van der Waals surface area contributed by atoms with E-state index in [9.17, 15) is 0 Å². The molecule has 3 heteroatoms. The summed E-state index contributed by atoms with van der Waals surface area (Å²) >= 11 is 3.63. The number of nitrogens with one attached hydrogen (secondary N) is 1. The van der Waals surface area contributed by atoms with E-state index in [1.807, 2.05) is 13.1 Å². The maximum atomic E-state index is 5.40. The lowest BCUT2D eigenvalue weighted by Crippen LogP contribution is -2.20. The third-order valence-corrected chi connectivity index (χ3v) is 4.66. The Bertz CT molecular complexity index is 625. The Morgan fingerprint density at radius 2 is 1.86 bits per heavy atom. The highest BCUT2D eigenvalue weighted by Gasteiger charge is 2.15. The highest BCUT2D eigenvalue weighted by atomic mass is 79.9. The van der Waals surface area contributed by atoms with Crippen molar-refractivity contribution in [2.75, 3.05) is 14.2 Å². The summed E-state index contributed by atoms with van der Waals surface area (Å²) in [5, 5.41) is 3.44. The summed E-state index contributed by atoms with van der Waals surface area (Å²) in [6, 6.07) is 13.0. The predicted octanol–water partition coefficient (Wildman–Crippen LogP) is 4.58. The van der Waals surface area contributed by atoms with E-state index in [4.69, 9.17) is 4.74 Å². The largest absolute Gasteiger partial charge is 0.496 e. The fourth-order valence-electron chi connectivity index (χ4n) is 2.66. The molecule has 0 aliphatic carbocycles. The first-order valence-corrected chi connectivity index (χ1v) is 7.92. The van der Waals surface area contributed by atoms with Crippen molar-refractivity contribution in [2.45, 2.75) is 26.3 Å². The van der Waals surface area contributed by atoms with Crippen LogP contribution in [0.25, 0.3) is 0 Å². The topological polar surface area (TPSA) is 21.3 Å². The second kappa shape index (κ2) is 7.10. The van der Waals surface area contributed by atoms with E-state index in [2.05, 4.69) is 65.4 Å². The van der Waals surface area contributed by atoms with Crippen LogP contribution in [-0.2, 0) is 6.42 Å². The van der Waals surface area contributed by atoms with Gasteiger partial charge in [-0.3, -0.25) is 0 Å². The van der Waals surface area contributed by atoms with Gasteiger partial charge >= 0.3 is 0 Å². The molecule has 2 nitrogen and oxygen atoms in total. The number of aryl methyl sites for hydroxylation is 2. The highest BCUT2D eigenvalue weighted by Crippen LogP contribution is 2.29. The Labute approximate surface area is 135 Å². The summed E-state index contributed by atoms with van der Waals surface area (Å²) in [7, 11) is 3.73. The molecule has 0 amide bonds. The lowest BCUT2D eigenvalue weighted by Gasteiger charge is -2.21. The summed E-state index contributed by atoms with van der Waals surface area (Å²) in [5.41, 5.74) is 5.06. The Morgan fingerprint density at radius 3 is 2.48 bits per heavy atom. The number of halogens is 1. The quantitative estimate of drug-likeness (QED) is 0.854. The number of methoxy groups -OCH3 is 1. The molecule has 0 aliphatic heterocycles. The van der Waals surface area contributed by atoms with Crippen LogP contribution in [-0.4, -0.2) is 14.2 Å². The normalized spacial score (nSPS) is 12.2. The van der Waals surface area contributed by atoms with Crippen LogP contribution in [0.15, 0.2) is 40.9 Å². The summed E-state index contributed by atoms with van der Waals surface area (Å²) in [6.45, 7) is 4.23. The van der Waals surface area contributed by atoms with Gasteiger partial charge in [0.15, 0.2) is 0 Å². The lowest BCUT2D eigenvalue weighted by atomic mass is 9.93. The van der Waals surface area contributed by atoms with Crippen LogP contribution in [0.5, 0.6) is 5.75 Å². The van der Waals surface area contributed by atoms with Crippen LogP contribution in [0.1, 0.15) is 28.3 Å². The Hall–Kier alpha value is -1.32. The molecule has 0 saturated heterocycles. The standard InChI is InChI=1S/C18H22BrNO/c1-12-10-18(21-4)13(2)9-15(12)17(20-3)11-14-7-5-6-8-16(14)19/h5-10,17,20H,11H2,1-4H3. The molecule has 0 bridgehead atoms. The van der Waals surface area contributed by atoms with E-state index in [0.717, 1.165) is 16.6 Å². The van der Waals surface area contributed by atoms with Gasteiger partial charge in [-0.1, -0.05) is 40.2 Å². The summed E-state index contributed by atoms with van der Waals surface area (Å²) < 4.78 is 6.56. The second-order valence-corrected chi connectivity index (χ2v) is 6.17. The monoisotopic (exact) mass is 347 g/mol. The molecular formula is C18H22BrNO. The van der Waals surface area contributed by atoms with Gasteiger partial charge in [0, 0.05) is 10.5 Å². The van der Waals surface area contributed by atoms with Crippen LogP contribution in [0.4, 0.5) is 0 Å². The van der Waals surface area contributed by atoms with Crippen LogP contribution in [0, 0.1) is 13.8 Å². The fraction of sp³-hybridized carbons (Fsp3) is 0.333. The molecule has 2 aromatic carbocycles. The minimum atomic E-state index is 0.285. The zero-order valence-electron chi connectivity index (χ0n) is 13.0. The van der Waals surface area contributed by atoms with Gasteiger partial charge in [-0.25, -0.2) is 0 Å². The van der Waals surface area contributed by atoms with Crippen molar-refractivity contribution in [3.63, 3.8) is 0 Å². The highest BCUT2D eigenvalue weighted by molar-refractivity contribution is 9.10. The molecule has 1 N–H and O–H groups in total. The first kappa shape index (κ1) is 16.1. The van der Waals surface area contributed by atoms with E-state index in [-0.39, 0.29) is 6.04 Å². The fourth-order valence-corrected chi connectivity index (χ4v) is 3.11. The van der Waals surface area contributed by atoms with Gasteiger partial charge in [-0.15, -0.1) is 0 Å². The summed E-state index contributed by atoms with van der Waals surface area (Å²) in [4.78, 5) is 0. The van der Waals surface area contributed by atoms with Crippen LogP contribution < -0.4 is 10.1 Å². The van der Waals surface area contributed by atoms with Gasteiger partial charge < -0.3 is 10.1 Å². The van der Waals surface area contributed by atoms with E-state index < -0.39 is 0 Å². The number of hydrogen-bond acceptors (Lipinski definition) is 2. The second-order valence-electron chi connectivity index (χ2n) is 5.32. The molecule has 0 aromatic heterocycles. The van der Waals surface area contributed by atoms with E-state index in [1.54, 1.807) is 7.11 Å². The van der Waals surface area contributed by atoms with E-state index in [1.165, 1.54) is 22.3 Å². The summed E-state index contributed by atoms with van der Waals surface area (Å²) in [6.07, 6.45) is 0.949. The number of rotatable bonds is 5. The summed E-state index contributed by atoms with van der Waals surface area (Å²) in [5.74, 6) is 0.951. The van der Waals surface area contributed by atoms with Crippen molar-refractivity contribution in [3.8, 4) is 5.75 Å². The van der Waals surface area contributed by atoms with Crippen LogP contribution >= 0.6 is 15.9 Å². The van der Waals surface area contributed by atoms with Crippen molar-refractivity contribution in [3.05, 3.63) is 63.1 Å². The Kier molecular flexibility index (Phi) is 5.43. The van der Waals surface area contributed by atoms with Gasteiger partial charge in [0.1, 0.15) is 5.75 Å². The first-order valence-electron chi connectivity index (χ1n) is 7.12. The van der Waals surface area contributed by atoms with Crippen molar-refractivity contribution >= 4 is 15.9 Å². The minimum Gasteiger partial charge on any atom is -0.496 e. The number of likely N-dealkylation sites (N-methyl/N-ethyl adjacent to an activating group) is 1. The number of hydrogen-bond donors (Lipinski definition) is 1. The molecule has 112 valence electrons. The molecule has 1 atom stereocenters. The molecule has 0 heterocycles.